The van der Waals surface area contributed by atoms with Crippen LogP contribution < -0.4 is 5.32 Å². The molecule has 1 aromatic rings. The Bertz CT molecular complexity index is 618. The number of nitrogens with zero attached hydrogens (tertiary/aromatic N) is 5. The van der Waals surface area contributed by atoms with Crippen molar-refractivity contribution in [1.82, 2.24) is 29.8 Å². The molecule has 1 saturated heterocycles. The molecule has 1 fully saturated rings. The molecule has 2 aliphatic rings. The smallest absolute Gasteiger partial charge is 0.317 e. The zero-order valence-corrected chi connectivity index (χ0v) is 17.4. The first kappa shape index (κ1) is 20.1. The standard InChI is InChI=1S/C20H36N6O/c1-16(2)25-10-6-17(7-11-25)14-24-8-5-9-26-19(15-24)12-18(22-26)13-21-20(27)23(3)4/h12,16-17H,5-11,13-15H2,1-4H3,(H,21,27). The number of amides is 2. The molecule has 2 amide bonds. The van der Waals surface area contributed by atoms with E-state index in [1.807, 2.05) is 0 Å². The van der Waals surface area contributed by atoms with Gasteiger partial charge in [0.05, 0.1) is 17.9 Å². The maximum Gasteiger partial charge on any atom is 0.317 e. The first-order valence-electron chi connectivity index (χ1n) is 10.4. The number of hydrogen-bond acceptors (Lipinski definition) is 4. The summed E-state index contributed by atoms with van der Waals surface area (Å²) in [5.74, 6) is 0.813. The lowest BCUT2D eigenvalue weighted by Crippen LogP contribution is -2.41. The van der Waals surface area contributed by atoms with Gasteiger partial charge in [-0.2, -0.15) is 5.10 Å². The third-order valence-electron chi connectivity index (χ3n) is 5.87. The van der Waals surface area contributed by atoms with Crippen molar-refractivity contribution < 1.29 is 4.79 Å². The largest absolute Gasteiger partial charge is 0.332 e. The average molecular weight is 377 g/mol. The van der Waals surface area contributed by atoms with Gasteiger partial charge in [0.1, 0.15) is 0 Å². The topological polar surface area (TPSA) is 56.6 Å². The lowest BCUT2D eigenvalue weighted by Gasteiger charge is -2.36. The third kappa shape index (κ3) is 5.45. The van der Waals surface area contributed by atoms with Crippen molar-refractivity contribution in [3.05, 3.63) is 17.5 Å². The summed E-state index contributed by atoms with van der Waals surface area (Å²) in [7, 11) is 3.50. The monoisotopic (exact) mass is 376 g/mol. The molecule has 7 heteroatoms. The van der Waals surface area contributed by atoms with Crippen molar-refractivity contribution in [2.75, 3.05) is 40.3 Å². The van der Waals surface area contributed by atoms with E-state index in [-0.39, 0.29) is 6.03 Å². The maximum absolute atomic E-state index is 11.7. The van der Waals surface area contributed by atoms with Crippen LogP contribution >= 0.6 is 0 Å². The minimum atomic E-state index is -0.0763. The minimum absolute atomic E-state index is 0.0763. The number of fused-ring (bicyclic) bond motifs is 1. The summed E-state index contributed by atoms with van der Waals surface area (Å²) in [6.45, 7) is 11.9. The van der Waals surface area contributed by atoms with E-state index in [0.29, 0.717) is 12.6 Å². The first-order valence-corrected chi connectivity index (χ1v) is 10.4. The summed E-state index contributed by atoms with van der Waals surface area (Å²) in [5.41, 5.74) is 2.23. The summed E-state index contributed by atoms with van der Waals surface area (Å²) in [6.07, 6.45) is 3.77. The number of carbonyl (C=O) groups excluding carboxylic acids is 1. The van der Waals surface area contributed by atoms with Crippen LogP contribution in [0.25, 0.3) is 0 Å². The SMILES string of the molecule is CC(C)N1CCC(CN2CCCn3nc(CNC(=O)N(C)C)cc3C2)CC1. The molecule has 3 rings (SSSR count). The highest BCUT2D eigenvalue weighted by molar-refractivity contribution is 5.73. The van der Waals surface area contributed by atoms with Crippen molar-refractivity contribution in [3.8, 4) is 0 Å². The van der Waals surface area contributed by atoms with Crippen molar-refractivity contribution in [2.45, 2.75) is 58.8 Å². The molecule has 0 bridgehead atoms. The molecule has 2 aliphatic heterocycles. The van der Waals surface area contributed by atoms with Gasteiger partial charge in [-0.1, -0.05) is 0 Å². The van der Waals surface area contributed by atoms with Crippen LogP contribution in [0.2, 0.25) is 0 Å². The Hall–Kier alpha value is -1.60. The second kappa shape index (κ2) is 9.06. The number of carbonyl (C=O) groups is 1. The van der Waals surface area contributed by atoms with Gasteiger partial charge < -0.3 is 15.1 Å². The van der Waals surface area contributed by atoms with Gasteiger partial charge in [0.15, 0.2) is 0 Å². The number of aryl methyl sites for hydroxylation is 1. The van der Waals surface area contributed by atoms with E-state index in [2.05, 4.69) is 39.7 Å². The Morgan fingerprint density at radius 1 is 1.26 bits per heavy atom. The van der Waals surface area contributed by atoms with Gasteiger partial charge in [0.2, 0.25) is 0 Å². The molecular formula is C20H36N6O. The predicted molar refractivity (Wildman–Crippen MR) is 107 cm³/mol. The second-order valence-electron chi connectivity index (χ2n) is 8.57. The number of urea groups is 1. The van der Waals surface area contributed by atoms with Gasteiger partial charge in [0, 0.05) is 46.3 Å². The molecule has 1 aromatic heterocycles. The van der Waals surface area contributed by atoms with Crippen LogP contribution in [-0.2, 0) is 19.6 Å². The molecule has 7 nitrogen and oxygen atoms in total. The van der Waals surface area contributed by atoms with E-state index in [1.165, 1.54) is 38.2 Å². The summed E-state index contributed by atoms with van der Waals surface area (Å²) >= 11 is 0. The molecule has 27 heavy (non-hydrogen) atoms. The van der Waals surface area contributed by atoms with Gasteiger partial charge in [-0.25, -0.2) is 4.79 Å². The Balaban J connectivity index is 1.52. The quantitative estimate of drug-likeness (QED) is 0.854. The summed E-state index contributed by atoms with van der Waals surface area (Å²) < 4.78 is 2.14. The van der Waals surface area contributed by atoms with E-state index in [4.69, 9.17) is 5.10 Å². The van der Waals surface area contributed by atoms with E-state index < -0.39 is 0 Å². The molecule has 3 heterocycles. The Morgan fingerprint density at radius 2 is 2.00 bits per heavy atom. The molecule has 0 aromatic carbocycles. The number of likely N-dealkylation sites (tertiary alicyclic amines) is 1. The summed E-state index contributed by atoms with van der Waals surface area (Å²) in [4.78, 5) is 18.5. The number of hydrogen-bond donors (Lipinski definition) is 1. The van der Waals surface area contributed by atoms with Gasteiger partial charge in [-0.3, -0.25) is 9.58 Å². The first-order chi connectivity index (χ1) is 12.9. The van der Waals surface area contributed by atoms with Crippen LogP contribution in [0.1, 0.15) is 44.5 Å². The van der Waals surface area contributed by atoms with E-state index >= 15 is 0 Å². The Kier molecular flexibility index (Phi) is 6.76. The van der Waals surface area contributed by atoms with Crippen LogP contribution in [-0.4, -0.2) is 76.8 Å². The van der Waals surface area contributed by atoms with Crippen molar-refractivity contribution >= 4 is 6.03 Å². The molecule has 152 valence electrons. The van der Waals surface area contributed by atoms with Gasteiger partial charge in [0.25, 0.3) is 0 Å². The number of rotatable bonds is 5. The number of piperidine rings is 1. The lowest BCUT2D eigenvalue weighted by molar-refractivity contribution is 0.119. The lowest BCUT2D eigenvalue weighted by atomic mass is 9.95. The highest BCUT2D eigenvalue weighted by Crippen LogP contribution is 2.22. The van der Waals surface area contributed by atoms with Crippen molar-refractivity contribution in [2.24, 2.45) is 5.92 Å². The summed E-state index contributed by atoms with van der Waals surface area (Å²) in [5, 5.41) is 7.61. The van der Waals surface area contributed by atoms with Gasteiger partial charge in [-0.15, -0.1) is 0 Å². The Labute approximate surface area is 163 Å². The van der Waals surface area contributed by atoms with Crippen LogP contribution in [0.4, 0.5) is 4.79 Å². The highest BCUT2D eigenvalue weighted by atomic mass is 16.2. The van der Waals surface area contributed by atoms with Gasteiger partial charge in [-0.05, 0) is 58.2 Å². The average Bonchev–Trinajstić information content (AvgIpc) is 2.92. The number of nitrogens with one attached hydrogen (secondary N) is 1. The fourth-order valence-electron chi connectivity index (χ4n) is 4.17. The molecule has 0 unspecified atom stereocenters. The molecule has 0 spiro atoms. The Morgan fingerprint density at radius 3 is 2.67 bits per heavy atom. The van der Waals surface area contributed by atoms with E-state index in [1.54, 1.807) is 19.0 Å². The minimum Gasteiger partial charge on any atom is -0.332 e. The zero-order chi connectivity index (χ0) is 19.4. The summed E-state index contributed by atoms with van der Waals surface area (Å²) in [6, 6.07) is 2.76. The van der Waals surface area contributed by atoms with Crippen LogP contribution in [0.5, 0.6) is 0 Å². The molecule has 0 radical (unpaired) electrons. The third-order valence-corrected chi connectivity index (χ3v) is 5.87. The van der Waals surface area contributed by atoms with Crippen LogP contribution in [0.15, 0.2) is 6.07 Å². The molecule has 0 atom stereocenters. The van der Waals surface area contributed by atoms with Crippen molar-refractivity contribution in [3.63, 3.8) is 0 Å². The van der Waals surface area contributed by atoms with E-state index in [0.717, 1.165) is 37.7 Å². The molecule has 0 saturated carbocycles. The fraction of sp³-hybridized carbons (Fsp3) is 0.800. The number of aromatic nitrogens is 2. The van der Waals surface area contributed by atoms with Crippen molar-refractivity contribution in [1.29, 1.82) is 0 Å². The highest BCUT2D eigenvalue weighted by Gasteiger charge is 2.24. The van der Waals surface area contributed by atoms with E-state index in [9.17, 15) is 4.79 Å². The van der Waals surface area contributed by atoms with Crippen LogP contribution in [0, 0.1) is 5.92 Å². The predicted octanol–water partition coefficient (Wildman–Crippen LogP) is 1.98. The fourth-order valence-corrected chi connectivity index (χ4v) is 4.17. The molecule has 0 aliphatic carbocycles. The normalized spacial score (nSPS) is 19.7. The second-order valence-corrected chi connectivity index (χ2v) is 8.57. The maximum atomic E-state index is 11.7. The van der Waals surface area contributed by atoms with Gasteiger partial charge >= 0.3 is 6.03 Å². The molecule has 1 N–H and O–H groups in total. The molecular weight excluding hydrogens is 340 g/mol. The zero-order valence-electron chi connectivity index (χ0n) is 17.4. The van der Waals surface area contributed by atoms with Crippen LogP contribution in [0.3, 0.4) is 0 Å².